The van der Waals surface area contributed by atoms with Crippen LogP contribution in [0.5, 0.6) is 11.5 Å². The van der Waals surface area contributed by atoms with Crippen LogP contribution in [-0.4, -0.2) is 6.61 Å². The van der Waals surface area contributed by atoms with Crippen LogP contribution in [0.1, 0.15) is 23.6 Å². The Bertz CT molecular complexity index is 999. The van der Waals surface area contributed by atoms with Crippen molar-refractivity contribution < 1.29 is 18.3 Å². The minimum atomic E-state index is -0.390. The van der Waals surface area contributed by atoms with E-state index >= 15 is 0 Å². The highest BCUT2D eigenvalue weighted by Crippen LogP contribution is 2.35. The van der Waals surface area contributed by atoms with Gasteiger partial charge < -0.3 is 14.8 Å². The van der Waals surface area contributed by atoms with Crippen LogP contribution in [0.4, 0.5) is 8.78 Å². The van der Waals surface area contributed by atoms with Crippen LogP contribution in [0, 0.1) is 11.6 Å². The molecule has 7 heteroatoms. The monoisotopic (exact) mass is 495 g/mol. The van der Waals surface area contributed by atoms with E-state index in [0.717, 1.165) is 15.6 Å². The van der Waals surface area contributed by atoms with Crippen molar-refractivity contribution in [2.45, 2.75) is 26.6 Å². The average molecular weight is 497 g/mol. The molecular weight excluding hydrogens is 476 g/mol. The molecule has 0 amide bonds. The van der Waals surface area contributed by atoms with Gasteiger partial charge in [-0.3, -0.25) is 0 Å². The van der Waals surface area contributed by atoms with Crippen LogP contribution < -0.4 is 14.8 Å². The fourth-order valence-electron chi connectivity index (χ4n) is 2.83. The van der Waals surface area contributed by atoms with Gasteiger partial charge in [0.1, 0.15) is 18.2 Å². The van der Waals surface area contributed by atoms with Crippen LogP contribution >= 0.6 is 27.5 Å². The molecule has 3 aromatic carbocycles. The first-order chi connectivity index (χ1) is 14.5. The summed E-state index contributed by atoms with van der Waals surface area (Å²) in [7, 11) is 0. The third kappa shape index (κ3) is 6.17. The van der Waals surface area contributed by atoms with Crippen LogP contribution in [0.15, 0.2) is 59.1 Å². The smallest absolute Gasteiger partial charge is 0.162 e. The fourth-order valence-corrected chi connectivity index (χ4v) is 3.52. The lowest BCUT2D eigenvalue weighted by molar-refractivity contribution is 0.268. The molecule has 158 valence electrons. The predicted octanol–water partition coefficient (Wildman–Crippen LogP) is 6.65. The van der Waals surface area contributed by atoms with E-state index in [2.05, 4.69) is 21.2 Å². The van der Waals surface area contributed by atoms with E-state index in [0.29, 0.717) is 41.8 Å². The zero-order valence-corrected chi connectivity index (χ0v) is 18.7. The molecule has 1 N–H and O–H groups in total. The molecule has 0 saturated heterocycles. The summed E-state index contributed by atoms with van der Waals surface area (Å²) in [5, 5.41) is 3.65. The van der Waals surface area contributed by atoms with E-state index < -0.39 is 0 Å². The normalized spacial score (nSPS) is 10.8. The van der Waals surface area contributed by atoms with Gasteiger partial charge in [0, 0.05) is 23.1 Å². The number of ether oxygens (including phenoxy) is 2. The second kappa shape index (κ2) is 10.8. The fraction of sp³-hybridized carbons (Fsp3) is 0.217. The molecule has 3 aromatic rings. The van der Waals surface area contributed by atoms with Crippen LogP contribution in [0.2, 0.25) is 5.02 Å². The van der Waals surface area contributed by atoms with Crippen molar-refractivity contribution in [3.8, 4) is 11.5 Å². The third-order valence-electron chi connectivity index (χ3n) is 4.37. The molecule has 0 heterocycles. The Balaban J connectivity index is 1.68. The maximum absolute atomic E-state index is 13.2. The summed E-state index contributed by atoms with van der Waals surface area (Å²) < 4.78 is 38.7. The largest absolute Gasteiger partial charge is 0.490 e. The quantitative estimate of drug-likeness (QED) is 0.360. The minimum absolute atomic E-state index is 0.188. The summed E-state index contributed by atoms with van der Waals surface area (Å²) in [5.74, 6) is 0.531. The molecule has 0 bridgehead atoms. The lowest BCUT2D eigenvalue weighted by atomic mass is 10.1. The third-order valence-corrected chi connectivity index (χ3v) is 5.46. The SMILES string of the molecule is CCOc1cc(CNCc2ccc(F)cc2)c(Br)cc1OCc1ccc(F)cc1Cl. The molecule has 0 saturated carbocycles. The van der Waals surface area contributed by atoms with Crippen LogP contribution in [0.25, 0.3) is 0 Å². The number of hydrogen-bond donors (Lipinski definition) is 1. The van der Waals surface area contributed by atoms with Crippen molar-refractivity contribution in [2.75, 3.05) is 6.61 Å². The van der Waals surface area contributed by atoms with Crippen LogP contribution in [-0.2, 0) is 19.7 Å². The molecule has 0 atom stereocenters. The van der Waals surface area contributed by atoms with Crippen molar-refractivity contribution in [2.24, 2.45) is 0 Å². The Labute approximate surface area is 188 Å². The van der Waals surface area contributed by atoms with Gasteiger partial charge in [-0.1, -0.05) is 45.7 Å². The molecule has 0 aliphatic heterocycles. The summed E-state index contributed by atoms with van der Waals surface area (Å²) in [5.41, 5.74) is 2.67. The molecule has 0 unspecified atom stereocenters. The van der Waals surface area contributed by atoms with Crippen molar-refractivity contribution in [3.63, 3.8) is 0 Å². The molecule has 0 aromatic heterocycles. The van der Waals surface area contributed by atoms with E-state index in [9.17, 15) is 8.78 Å². The molecule has 0 fully saturated rings. The molecule has 30 heavy (non-hydrogen) atoms. The van der Waals surface area contributed by atoms with E-state index in [1.54, 1.807) is 18.2 Å². The number of hydrogen-bond acceptors (Lipinski definition) is 3. The molecule has 0 spiro atoms. The number of benzene rings is 3. The maximum atomic E-state index is 13.2. The van der Waals surface area contributed by atoms with E-state index in [1.807, 2.05) is 19.1 Å². The Morgan fingerprint density at radius 2 is 1.57 bits per heavy atom. The Hall–Kier alpha value is -2.15. The van der Waals surface area contributed by atoms with Gasteiger partial charge in [0.2, 0.25) is 0 Å². The number of rotatable bonds is 9. The minimum Gasteiger partial charge on any atom is -0.490 e. The summed E-state index contributed by atoms with van der Waals surface area (Å²) >= 11 is 9.66. The van der Waals surface area contributed by atoms with Crippen molar-refractivity contribution in [1.29, 1.82) is 0 Å². The Kier molecular flexibility index (Phi) is 8.08. The lowest BCUT2D eigenvalue weighted by Gasteiger charge is -2.16. The zero-order chi connectivity index (χ0) is 21.5. The van der Waals surface area contributed by atoms with E-state index in [4.69, 9.17) is 21.1 Å². The van der Waals surface area contributed by atoms with Crippen molar-refractivity contribution in [3.05, 3.63) is 92.4 Å². The van der Waals surface area contributed by atoms with Gasteiger partial charge in [0.05, 0.1) is 11.6 Å². The van der Waals surface area contributed by atoms with Gasteiger partial charge in [-0.15, -0.1) is 0 Å². The highest BCUT2D eigenvalue weighted by atomic mass is 79.9. The lowest BCUT2D eigenvalue weighted by Crippen LogP contribution is -2.13. The summed E-state index contributed by atoms with van der Waals surface area (Å²) in [4.78, 5) is 0. The summed E-state index contributed by atoms with van der Waals surface area (Å²) in [6.45, 7) is 3.76. The van der Waals surface area contributed by atoms with Crippen molar-refractivity contribution in [1.82, 2.24) is 5.32 Å². The van der Waals surface area contributed by atoms with Gasteiger partial charge in [-0.05, 0) is 54.4 Å². The van der Waals surface area contributed by atoms with Gasteiger partial charge in [0.25, 0.3) is 0 Å². The van der Waals surface area contributed by atoms with Gasteiger partial charge in [-0.2, -0.15) is 0 Å². The van der Waals surface area contributed by atoms with Gasteiger partial charge in [0.15, 0.2) is 11.5 Å². The van der Waals surface area contributed by atoms with Gasteiger partial charge >= 0.3 is 0 Å². The Morgan fingerprint density at radius 1 is 0.867 bits per heavy atom. The van der Waals surface area contributed by atoms with E-state index in [1.165, 1.54) is 24.3 Å². The molecule has 0 radical (unpaired) electrons. The maximum Gasteiger partial charge on any atom is 0.162 e. The first-order valence-electron chi connectivity index (χ1n) is 9.43. The Morgan fingerprint density at radius 3 is 2.27 bits per heavy atom. The van der Waals surface area contributed by atoms with Crippen molar-refractivity contribution >= 4 is 27.5 Å². The highest BCUT2D eigenvalue weighted by molar-refractivity contribution is 9.10. The highest BCUT2D eigenvalue weighted by Gasteiger charge is 2.12. The number of nitrogens with one attached hydrogen (secondary N) is 1. The second-order valence-electron chi connectivity index (χ2n) is 6.58. The second-order valence-corrected chi connectivity index (χ2v) is 7.84. The molecule has 0 aliphatic carbocycles. The number of halogens is 4. The topological polar surface area (TPSA) is 30.5 Å². The molecular formula is C23H21BrClF2NO2. The zero-order valence-electron chi connectivity index (χ0n) is 16.4. The standard InChI is InChI=1S/C23H21BrClF2NO2/c1-2-29-22-9-17(13-28-12-15-3-6-18(26)7-4-15)20(24)11-23(22)30-14-16-5-8-19(27)10-21(16)25/h3-11,28H,2,12-14H2,1H3. The summed E-state index contributed by atoms with van der Waals surface area (Å²) in [6.07, 6.45) is 0. The van der Waals surface area contributed by atoms with Gasteiger partial charge in [-0.25, -0.2) is 8.78 Å². The molecule has 3 nitrogen and oxygen atoms in total. The molecule has 0 aliphatic rings. The molecule has 3 rings (SSSR count). The van der Waals surface area contributed by atoms with Crippen LogP contribution in [0.3, 0.4) is 0 Å². The predicted molar refractivity (Wildman–Crippen MR) is 118 cm³/mol. The van der Waals surface area contributed by atoms with E-state index in [-0.39, 0.29) is 18.2 Å². The summed E-state index contributed by atoms with van der Waals surface area (Å²) in [6, 6.07) is 14.3. The first kappa shape index (κ1) is 22.5. The first-order valence-corrected chi connectivity index (χ1v) is 10.6. The average Bonchev–Trinajstić information content (AvgIpc) is 2.71.